The van der Waals surface area contributed by atoms with Gasteiger partial charge in [-0.15, -0.1) is 0 Å². The summed E-state index contributed by atoms with van der Waals surface area (Å²) >= 11 is 0. The van der Waals surface area contributed by atoms with Crippen LogP contribution in [0.25, 0.3) is 0 Å². The molecule has 0 aromatic heterocycles. The number of fused-ring (bicyclic) bond motifs is 1. The third-order valence-electron chi connectivity index (χ3n) is 10.9. The number of methoxy groups -OCH3 is 1. The van der Waals surface area contributed by atoms with E-state index in [0.29, 0.717) is 13.0 Å². The Hall–Kier alpha value is -4.24. The molecule has 0 bridgehead atoms. The number of nitrogens with zero attached hydrogens (tertiary/aromatic N) is 2. The van der Waals surface area contributed by atoms with Gasteiger partial charge in [-0.25, -0.2) is 0 Å². The summed E-state index contributed by atoms with van der Waals surface area (Å²) in [5, 5.41) is 11.2. The first-order valence-electron chi connectivity index (χ1n) is 17.9. The number of aliphatic hydroxyl groups excluding tert-OH is 1. The van der Waals surface area contributed by atoms with Crippen molar-refractivity contribution in [3.63, 3.8) is 0 Å². The van der Waals surface area contributed by atoms with Crippen LogP contribution in [0.15, 0.2) is 103 Å². The zero-order valence-electron chi connectivity index (χ0n) is 29.8. The van der Waals surface area contributed by atoms with Crippen LogP contribution in [0.5, 0.6) is 5.75 Å². The maximum atomic E-state index is 14.0. The number of anilines is 2. The first-order valence-corrected chi connectivity index (χ1v) is 21.0. The molecule has 0 aliphatic carbocycles. The number of ether oxygens (including phenoxy) is 2. The van der Waals surface area contributed by atoms with E-state index in [9.17, 15) is 14.7 Å². The van der Waals surface area contributed by atoms with E-state index in [-0.39, 0.29) is 55.1 Å². The van der Waals surface area contributed by atoms with Gasteiger partial charge in [-0.05, 0) is 77.7 Å². The Morgan fingerprint density at radius 2 is 1.64 bits per heavy atom. The maximum absolute atomic E-state index is 14.0. The predicted octanol–water partition coefficient (Wildman–Crippen LogP) is 7.04. The minimum absolute atomic E-state index is 0.00413. The van der Waals surface area contributed by atoms with E-state index in [1.165, 1.54) is 10.8 Å². The number of amides is 2. The molecule has 0 unspecified atom stereocenters. The molecule has 1 fully saturated rings. The number of aliphatic hydroxyl groups is 1. The van der Waals surface area contributed by atoms with Crippen LogP contribution in [0, 0.1) is 5.92 Å². The van der Waals surface area contributed by atoms with Crippen LogP contribution >= 0.6 is 0 Å². The molecule has 0 spiro atoms. The van der Waals surface area contributed by atoms with Gasteiger partial charge in [0.25, 0.3) is 0 Å². The fourth-order valence-electron chi connectivity index (χ4n) is 8.23. The molecule has 1 saturated heterocycles. The van der Waals surface area contributed by atoms with Crippen LogP contribution < -0.4 is 14.8 Å². The van der Waals surface area contributed by atoms with Crippen molar-refractivity contribution >= 4 is 36.4 Å². The highest BCUT2D eigenvalue weighted by Crippen LogP contribution is 2.47. The van der Waals surface area contributed by atoms with E-state index in [1.54, 1.807) is 12.0 Å². The SMILES string of the molecule is COc1ccc([Si](C)(C)[C@@H]2[C@@H](C)[C@@H](CCc3cccc(N4C(=O)CCc5ccccc54)c3)O[C@H]2CC(=O)N(CCO)Cc2ccccc2)cc1. The molecule has 2 amide bonds. The molecule has 8 heteroatoms. The van der Waals surface area contributed by atoms with E-state index in [1.807, 2.05) is 77.7 Å². The molecule has 0 saturated carbocycles. The van der Waals surface area contributed by atoms with Crippen LogP contribution in [0.2, 0.25) is 18.6 Å². The quantitative estimate of drug-likeness (QED) is 0.152. The second-order valence-corrected chi connectivity index (χ2v) is 19.0. The minimum atomic E-state index is -2.17. The van der Waals surface area contributed by atoms with E-state index >= 15 is 0 Å². The molecule has 4 atom stereocenters. The fourth-order valence-corrected chi connectivity index (χ4v) is 12.3. The number of carbonyl (C=O) groups excluding carboxylic acids is 2. The highest BCUT2D eigenvalue weighted by atomic mass is 28.3. The van der Waals surface area contributed by atoms with Gasteiger partial charge in [-0.1, -0.05) is 98.0 Å². The zero-order valence-corrected chi connectivity index (χ0v) is 30.8. The Morgan fingerprint density at radius 1 is 0.920 bits per heavy atom. The summed E-state index contributed by atoms with van der Waals surface area (Å²) in [4.78, 5) is 30.7. The van der Waals surface area contributed by atoms with Crippen LogP contribution in [-0.2, 0) is 33.7 Å². The Balaban J connectivity index is 1.23. The molecule has 1 N–H and O–H groups in total. The van der Waals surface area contributed by atoms with Crippen LogP contribution in [0.1, 0.15) is 42.9 Å². The summed E-state index contributed by atoms with van der Waals surface area (Å²) in [6.07, 6.45) is 2.90. The first kappa shape index (κ1) is 35.6. The maximum Gasteiger partial charge on any atom is 0.231 e. The fraction of sp³-hybridized carbons (Fsp3) is 0.381. The average Bonchev–Trinajstić information content (AvgIpc) is 3.45. The summed E-state index contributed by atoms with van der Waals surface area (Å²) < 4.78 is 12.4. The number of para-hydroxylation sites is 1. The Kier molecular flexibility index (Phi) is 11.2. The molecular weight excluding hydrogens is 641 g/mol. The molecule has 2 aliphatic rings. The highest BCUT2D eigenvalue weighted by molar-refractivity contribution is 6.91. The molecule has 0 radical (unpaired) electrons. The van der Waals surface area contributed by atoms with Gasteiger partial charge < -0.3 is 19.5 Å². The normalized spacial score (nSPS) is 20.4. The molecule has 7 nitrogen and oxygen atoms in total. The molecule has 4 aromatic rings. The lowest BCUT2D eigenvalue weighted by Crippen LogP contribution is -2.51. The van der Waals surface area contributed by atoms with E-state index < -0.39 is 8.07 Å². The lowest BCUT2D eigenvalue weighted by molar-refractivity contribution is -0.135. The summed E-state index contributed by atoms with van der Waals surface area (Å²) in [5.74, 6) is 1.19. The van der Waals surface area contributed by atoms with Crippen molar-refractivity contribution in [2.45, 2.75) is 76.4 Å². The van der Waals surface area contributed by atoms with Crippen molar-refractivity contribution in [1.82, 2.24) is 4.90 Å². The molecule has 50 heavy (non-hydrogen) atoms. The van der Waals surface area contributed by atoms with E-state index in [0.717, 1.165) is 47.5 Å². The van der Waals surface area contributed by atoms with Crippen molar-refractivity contribution in [3.05, 3.63) is 120 Å². The lowest BCUT2D eigenvalue weighted by atomic mass is 9.94. The number of hydrogen-bond donors (Lipinski definition) is 1. The van der Waals surface area contributed by atoms with Gasteiger partial charge in [0, 0.05) is 25.2 Å². The van der Waals surface area contributed by atoms with Gasteiger partial charge >= 0.3 is 0 Å². The molecule has 262 valence electrons. The lowest BCUT2D eigenvalue weighted by Gasteiger charge is -2.36. The van der Waals surface area contributed by atoms with Crippen molar-refractivity contribution in [2.24, 2.45) is 5.92 Å². The van der Waals surface area contributed by atoms with Crippen molar-refractivity contribution in [2.75, 3.05) is 25.2 Å². The summed E-state index contributed by atoms with van der Waals surface area (Å²) in [6, 6.07) is 34.9. The summed E-state index contributed by atoms with van der Waals surface area (Å²) in [6.45, 7) is 7.73. The summed E-state index contributed by atoms with van der Waals surface area (Å²) in [7, 11) is -0.487. The Labute approximate surface area is 297 Å². The number of hydrogen-bond acceptors (Lipinski definition) is 5. The number of aryl methyl sites for hydroxylation is 2. The second-order valence-electron chi connectivity index (χ2n) is 14.3. The molecular formula is C42H50N2O5Si. The van der Waals surface area contributed by atoms with Crippen LogP contribution in [0.3, 0.4) is 0 Å². The zero-order chi connectivity index (χ0) is 35.3. The van der Waals surface area contributed by atoms with Crippen molar-refractivity contribution in [1.29, 1.82) is 0 Å². The average molecular weight is 691 g/mol. The third kappa shape index (κ3) is 7.73. The Morgan fingerprint density at radius 3 is 2.38 bits per heavy atom. The minimum Gasteiger partial charge on any atom is -0.497 e. The highest BCUT2D eigenvalue weighted by Gasteiger charge is 2.51. The van der Waals surface area contributed by atoms with Gasteiger partial charge in [0.05, 0.1) is 46.1 Å². The van der Waals surface area contributed by atoms with Gasteiger partial charge in [0.2, 0.25) is 11.8 Å². The van der Waals surface area contributed by atoms with Gasteiger partial charge in [0.1, 0.15) is 5.75 Å². The van der Waals surface area contributed by atoms with Crippen LogP contribution in [-0.4, -0.2) is 62.4 Å². The van der Waals surface area contributed by atoms with Crippen molar-refractivity contribution < 1.29 is 24.2 Å². The standard InChI is InChI=1S/C42H50N2O5Si/c1-30-38(23-17-31-13-10-15-34(27-31)44-37-16-9-8-14-33(37)18-24-40(44)46)49-39(42(30)50(3,4)36-21-19-35(48-2)20-22-36)28-41(47)43(25-26-45)29-32-11-6-5-7-12-32/h5-16,19-22,27,30,38-39,42,45H,17-18,23-26,28-29H2,1-4H3/t30-,38+,39-,42+/m0/s1. The topological polar surface area (TPSA) is 79.3 Å². The molecule has 6 rings (SSSR count). The number of benzene rings is 4. The summed E-state index contributed by atoms with van der Waals surface area (Å²) in [5.41, 5.74) is 5.46. The number of rotatable bonds is 13. The van der Waals surface area contributed by atoms with Gasteiger partial charge in [-0.3, -0.25) is 14.5 Å². The van der Waals surface area contributed by atoms with E-state index in [4.69, 9.17) is 9.47 Å². The second kappa shape index (κ2) is 15.8. The van der Waals surface area contributed by atoms with Crippen molar-refractivity contribution in [3.8, 4) is 5.75 Å². The molecule has 2 heterocycles. The number of carbonyl (C=O) groups is 2. The largest absolute Gasteiger partial charge is 0.497 e. The molecule has 4 aromatic carbocycles. The molecule has 2 aliphatic heterocycles. The van der Waals surface area contributed by atoms with Gasteiger partial charge in [-0.2, -0.15) is 0 Å². The van der Waals surface area contributed by atoms with Gasteiger partial charge in [0.15, 0.2) is 0 Å². The monoisotopic (exact) mass is 690 g/mol. The first-order chi connectivity index (χ1) is 24.2. The third-order valence-corrected chi connectivity index (χ3v) is 15.2. The Bertz CT molecular complexity index is 1760. The van der Waals surface area contributed by atoms with Crippen LogP contribution in [0.4, 0.5) is 11.4 Å². The van der Waals surface area contributed by atoms with E-state index in [2.05, 4.69) is 50.3 Å². The smallest absolute Gasteiger partial charge is 0.231 e. The predicted molar refractivity (Wildman–Crippen MR) is 202 cm³/mol.